The van der Waals surface area contributed by atoms with E-state index in [1.165, 1.54) is 23.5 Å². The summed E-state index contributed by atoms with van der Waals surface area (Å²) in [5, 5.41) is 13.8. The molecule has 2 aromatic heterocycles. The molecule has 0 aliphatic carbocycles. The molecule has 0 unspecified atom stereocenters. The van der Waals surface area contributed by atoms with Crippen molar-refractivity contribution in [2.45, 2.75) is 19.3 Å². The predicted octanol–water partition coefficient (Wildman–Crippen LogP) is 1.81. The van der Waals surface area contributed by atoms with Crippen LogP contribution in [0.5, 0.6) is 0 Å². The third kappa shape index (κ3) is 2.68. The van der Waals surface area contributed by atoms with E-state index in [2.05, 4.69) is 15.3 Å². The van der Waals surface area contributed by atoms with Crippen LogP contribution in [0.4, 0.5) is 4.39 Å². The topological polar surface area (TPSA) is 69.1 Å². The molecule has 0 saturated heterocycles. The zero-order chi connectivity index (χ0) is 13.9. The first-order valence-electron chi connectivity index (χ1n) is 6.41. The lowest BCUT2D eigenvalue weighted by Gasteiger charge is -1.98. The summed E-state index contributed by atoms with van der Waals surface area (Å²) >= 11 is 1.53. The molecule has 0 fully saturated rings. The van der Waals surface area contributed by atoms with E-state index in [1.807, 2.05) is 0 Å². The van der Waals surface area contributed by atoms with Crippen LogP contribution in [-0.2, 0) is 12.8 Å². The van der Waals surface area contributed by atoms with E-state index in [0.29, 0.717) is 13.0 Å². The molecule has 2 N–H and O–H groups in total. The van der Waals surface area contributed by atoms with Gasteiger partial charge in [-0.2, -0.15) is 9.61 Å². The summed E-state index contributed by atoms with van der Waals surface area (Å²) in [7, 11) is 0. The highest BCUT2D eigenvalue weighted by atomic mass is 32.1. The lowest BCUT2D eigenvalue weighted by Crippen LogP contribution is -2.01. The van der Waals surface area contributed by atoms with Gasteiger partial charge in [-0.15, -0.1) is 10.2 Å². The summed E-state index contributed by atoms with van der Waals surface area (Å²) < 4.78 is 14.6. The SMILES string of the molecule is NCCCc1nn2c(Cc3ccc(F)cc3)nnc2s1. The van der Waals surface area contributed by atoms with E-state index < -0.39 is 0 Å². The second kappa shape index (κ2) is 5.64. The van der Waals surface area contributed by atoms with Crippen LogP contribution in [0.3, 0.4) is 0 Å². The highest BCUT2D eigenvalue weighted by Crippen LogP contribution is 2.17. The van der Waals surface area contributed by atoms with Crippen molar-refractivity contribution < 1.29 is 4.39 Å². The van der Waals surface area contributed by atoms with Gasteiger partial charge >= 0.3 is 0 Å². The molecular formula is C13H14FN5S. The first-order valence-corrected chi connectivity index (χ1v) is 7.22. The van der Waals surface area contributed by atoms with Crippen LogP contribution in [0.2, 0.25) is 0 Å². The van der Waals surface area contributed by atoms with E-state index in [0.717, 1.165) is 34.2 Å². The average Bonchev–Trinajstić information content (AvgIpc) is 3.01. The molecule has 5 nitrogen and oxygen atoms in total. The van der Waals surface area contributed by atoms with Crippen molar-refractivity contribution in [3.63, 3.8) is 0 Å². The molecule has 0 aliphatic heterocycles. The molecule has 0 saturated carbocycles. The van der Waals surface area contributed by atoms with Crippen molar-refractivity contribution in [1.82, 2.24) is 19.8 Å². The minimum atomic E-state index is -0.238. The van der Waals surface area contributed by atoms with Gasteiger partial charge in [0.15, 0.2) is 5.82 Å². The lowest BCUT2D eigenvalue weighted by atomic mass is 10.1. The summed E-state index contributed by atoms with van der Waals surface area (Å²) in [5.41, 5.74) is 6.49. The van der Waals surface area contributed by atoms with E-state index in [9.17, 15) is 4.39 Å². The van der Waals surface area contributed by atoms with Crippen molar-refractivity contribution in [2.75, 3.05) is 6.54 Å². The zero-order valence-electron chi connectivity index (χ0n) is 10.8. The minimum Gasteiger partial charge on any atom is -0.330 e. The molecular weight excluding hydrogens is 277 g/mol. The number of aryl methyl sites for hydroxylation is 1. The molecule has 0 radical (unpaired) electrons. The molecule has 0 amide bonds. The van der Waals surface area contributed by atoms with Gasteiger partial charge in [-0.25, -0.2) is 4.39 Å². The van der Waals surface area contributed by atoms with Crippen molar-refractivity contribution in [2.24, 2.45) is 5.73 Å². The Morgan fingerprint density at radius 1 is 1.20 bits per heavy atom. The zero-order valence-corrected chi connectivity index (χ0v) is 11.6. The summed E-state index contributed by atoms with van der Waals surface area (Å²) in [5.74, 6) is 0.528. The molecule has 3 rings (SSSR count). The number of nitrogens with two attached hydrogens (primary N) is 1. The lowest BCUT2D eigenvalue weighted by molar-refractivity contribution is 0.627. The van der Waals surface area contributed by atoms with Crippen LogP contribution in [0.25, 0.3) is 4.96 Å². The normalized spacial score (nSPS) is 11.3. The van der Waals surface area contributed by atoms with Gasteiger partial charge in [0, 0.05) is 12.8 Å². The van der Waals surface area contributed by atoms with Gasteiger partial charge in [0.25, 0.3) is 0 Å². The van der Waals surface area contributed by atoms with Crippen molar-refractivity contribution in [3.8, 4) is 0 Å². The molecule has 104 valence electrons. The van der Waals surface area contributed by atoms with Gasteiger partial charge < -0.3 is 5.73 Å². The maximum Gasteiger partial charge on any atom is 0.234 e. The van der Waals surface area contributed by atoms with Crippen molar-refractivity contribution in [3.05, 3.63) is 46.5 Å². The third-order valence-corrected chi connectivity index (χ3v) is 3.93. The van der Waals surface area contributed by atoms with Crippen molar-refractivity contribution in [1.29, 1.82) is 0 Å². The molecule has 20 heavy (non-hydrogen) atoms. The van der Waals surface area contributed by atoms with Gasteiger partial charge in [-0.3, -0.25) is 0 Å². The number of halogens is 1. The Balaban J connectivity index is 1.84. The van der Waals surface area contributed by atoms with Crippen LogP contribution in [0, 0.1) is 5.82 Å². The molecule has 0 bridgehead atoms. The Hall–Kier alpha value is -1.86. The molecule has 3 aromatic rings. The molecule has 0 atom stereocenters. The molecule has 1 aromatic carbocycles. The number of nitrogens with zero attached hydrogens (tertiary/aromatic N) is 4. The molecule has 0 aliphatic rings. The van der Waals surface area contributed by atoms with Crippen LogP contribution in [0.1, 0.15) is 22.8 Å². The van der Waals surface area contributed by atoms with Gasteiger partial charge in [0.1, 0.15) is 10.8 Å². The minimum absolute atomic E-state index is 0.238. The van der Waals surface area contributed by atoms with Gasteiger partial charge in [-0.1, -0.05) is 23.5 Å². The number of benzene rings is 1. The number of hydrogen-bond acceptors (Lipinski definition) is 5. The average molecular weight is 291 g/mol. The van der Waals surface area contributed by atoms with Crippen molar-refractivity contribution >= 4 is 16.3 Å². The van der Waals surface area contributed by atoms with Crippen LogP contribution in [0.15, 0.2) is 24.3 Å². The molecule has 2 heterocycles. The number of aromatic nitrogens is 4. The third-order valence-electron chi connectivity index (χ3n) is 2.97. The Labute approximate surface area is 119 Å². The smallest absolute Gasteiger partial charge is 0.234 e. The number of fused-ring (bicyclic) bond motifs is 1. The summed E-state index contributed by atoms with van der Waals surface area (Å²) in [6, 6.07) is 6.39. The van der Waals surface area contributed by atoms with E-state index in [1.54, 1.807) is 16.6 Å². The largest absolute Gasteiger partial charge is 0.330 e. The van der Waals surface area contributed by atoms with E-state index in [4.69, 9.17) is 5.73 Å². The van der Waals surface area contributed by atoms with Gasteiger partial charge in [-0.05, 0) is 30.7 Å². The van der Waals surface area contributed by atoms with Gasteiger partial charge in [0.2, 0.25) is 4.96 Å². The highest BCUT2D eigenvalue weighted by molar-refractivity contribution is 7.16. The standard InChI is InChI=1S/C13H14FN5S/c14-10-5-3-9(4-6-10)8-11-16-17-13-19(11)18-12(20-13)2-1-7-15/h3-6H,1-2,7-8,15H2. The maximum absolute atomic E-state index is 12.9. The second-order valence-electron chi connectivity index (χ2n) is 4.50. The fourth-order valence-corrected chi connectivity index (χ4v) is 2.84. The predicted molar refractivity (Wildman–Crippen MR) is 75.2 cm³/mol. The molecule has 0 spiro atoms. The van der Waals surface area contributed by atoms with E-state index >= 15 is 0 Å². The first-order chi connectivity index (χ1) is 9.76. The Morgan fingerprint density at radius 3 is 2.75 bits per heavy atom. The highest BCUT2D eigenvalue weighted by Gasteiger charge is 2.11. The van der Waals surface area contributed by atoms with Crippen LogP contribution < -0.4 is 5.73 Å². The monoisotopic (exact) mass is 291 g/mol. The Kier molecular flexibility index (Phi) is 3.70. The fraction of sp³-hybridized carbons (Fsp3) is 0.308. The Bertz CT molecular complexity index is 703. The molecule has 7 heteroatoms. The summed E-state index contributed by atoms with van der Waals surface area (Å²) in [6.07, 6.45) is 2.36. The Morgan fingerprint density at radius 2 is 2.00 bits per heavy atom. The number of rotatable bonds is 5. The second-order valence-corrected chi connectivity index (χ2v) is 5.54. The first kappa shape index (κ1) is 13.1. The van der Waals surface area contributed by atoms with Crippen LogP contribution in [-0.4, -0.2) is 26.4 Å². The quantitative estimate of drug-likeness (QED) is 0.778. The van der Waals surface area contributed by atoms with E-state index in [-0.39, 0.29) is 5.82 Å². The van der Waals surface area contributed by atoms with Gasteiger partial charge in [0.05, 0.1) is 0 Å². The van der Waals surface area contributed by atoms with Crippen LogP contribution >= 0.6 is 11.3 Å². The summed E-state index contributed by atoms with van der Waals surface area (Å²) in [4.78, 5) is 0.786. The maximum atomic E-state index is 12.9. The summed E-state index contributed by atoms with van der Waals surface area (Å²) in [6.45, 7) is 0.655. The number of hydrogen-bond donors (Lipinski definition) is 1. The fourth-order valence-electron chi connectivity index (χ4n) is 1.95.